The van der Waals surface area contributed by atoms with Crippen LogP contribution in [0.3, 0.4) is 0 Å². The van der Waals surface area contributed by atoms with E-state index in [9.17, 15) is 9.59 Å². The van der Waals surface area contributed by atoms with Crippen molar-refractivity contribution in [2.24, 2.45) is 0 Å². The zero-order valence-corrected chi connectivity index (χ0v) is 13.1. The van der Waals surface area contributed by atoms with Gasteiger partial charge in [0.1, 0.15) is 11.6 Å². The van der Waals surface area contributed by atoms with Crippen molar-refractivity contribution in [1.82, 2.24) is 10.6 Å². The van der Waals surface area contributed by atoms with Gasteiger partial charge in [0.25, 0.3) is 5.91 Å². The summed E-state index contributed by atoms with van der Waals surface area (Å²) in [6, 6.07) is 9.99. The van der Waals surface area contributed by atoms with Crippen molar-refractivity contribution >= 4 is 11.9 Å². The minimum Gasteiger partial charge on any atom is -0.481 e. The first kappa shape index (κ1) is 18.2. The lowest BCUT2D eigenvalue weighted by Crippen LogP contribution is -2.27. The lowest BCUT2D eigenvalue weighted by molar-refractivity contribution is -0.137. The molecule has 0 saturated heterocycles. The summed E-state index contributed by atoms with van der Waals surface area (Å²) in [7, 11) is 0. The fraction of sp³-hybridized carbons (Fsp3) is 0.353. The molecule has 0 aliphatic rings. The minimum atomic E-state index is -0.909. The Morgan fingerprint density at radius 3 is 2.57 bits per heavy atom. The first-order valence-corrected chi connectivity index (χ1v) is 7.42. The average Bonchev–Trinajstić information content (AvgIpc) is 2.53. The van der Waals surface area contributed by atoms with Crippen molar-refractivity contribution in [2.45, 2.75) is 26.2 Å². The number of hydrogen-bond acceptors (Lipinski definition) is 4. The van der Waals surface area contributed by atoms with Gasteiger partial charge in [-0.15, -0.1) is 0 Å². The molecule has 1 rings (SSSR count). The fourth-order valence-electron chi connectivity index (χ4n) is 1.83. The third-order valence-electron chi connectivity index (χ3n) is 3.14. The average molecular weight is 315 g/mol. The number of benzene rings is 1. The van der Waals surface area contributed by atoms with Gasteiger partial charge in [-0.1, -0.05) is 29.8 Å². The summed E-state index contributed by atoms with van der Waals surface area (Å²) >= 11 is 0. The summed E-state index contributed by atoms with van der Waals surface area (Å²) in [5.41, 5.74) is 2.35. The molecule has 0 aliphatic carbocycles. The summed E-state index contributed by atoms with van der Waals surface area (Å²) in [5, 5.41) is 22.9. The smallest absolute Gasteiger partial charge is 0.303 e. The SMILES string of the molecule is Cc1ccc(CCN/C=C(/C#N)C(=O)NCCCC(=O)O)cc1. The molecule has 3 N–H and O–H groups in total. The molecule has 6 nitrogen and oxygen atoms in total. The Kier molecular flexibility index (Phi) is 7.94. The van der Waals surface area contributed by atoms with E-state index in [0.29, 0.717) is 13.0 Å². The predicted octanol–water partition coefficient (Wildman–Crippen LogP) is 1.52. The largest absolute Gasteiger partial charge is 0.481 e. The summed E-state index contributed by atoms with van der Waals surface area (Å²) in [5.74, 6) is -1.41. The van der Waals surface area contributed by atoms with Crippen LogP contribution < -0.4 is 10.6 Å². The Morgan fingerprint density at radius 2 is 1.96 bits per heavy atom. The Balaban J connectivity index is 2.34. The van der Waals surface area contributed by atoms with Crippen molar-refractivity contribution in [3.8, 4) is 6.07 Å². The highest BCUT2D eigenvalue weighted by atomic mass is 16.4. The van der Waals surface area contributed by atoms with Crippen LogP contribution in [0.5, 0.6) is 0 Å². The number of aryl methyl sites for hydroxylation is 1. The molecule has 0 aromatic heterocycles. The monoisotopic (exact) mass is 315 g/mol. The van der Waals surface area contributed by atoms with Gasteiger partial charge >= 0.3 is 5.97 Å². The van der Waals surface area contributed by atoms with Crippen LogP contribution in [-0.2, 0) is 16.0 Å². The summed E-state index contributed by atoms with van der Waals surface area (Å²) in [6.45, 7) is 2.87. The van der Waals surface area contributed by atoms with Crippen LogP contribution in [0.15, 0.2) is 36.0 Å². The van der Waals surface area contributed by atoms with Gasteiger partial charge in [-0.2, -0.15) is 5.26 Å². The van der Waals surface area contributed by atoms with Gasteiger partial charge in [-0.25, -0.2) is 0 Å². The maximum atomic E-state index is 11.7. The first-order valence-electron chi connectivity index (χ1n) is 7.42. The van der Waals surface area contributed by atoms with E-state index in [2.05, 4.69) is 10.6 Å². The number of nitriles is 1. The molecular weight excluding hydrogens is 294 g/mol. The Morgan fingerprint density at radius 1 is 1.26 bits per heavy atom. The first-order chi connectivity index (χ1) is 11.0. The van der Waals surface area contributed by atoms with E-state index in [1.165, 1.54) is 17.3 Å². The van der Waals surface area contributed by atoms with Gasteiger partial charge < -0.3 is 15.7 Å². The van der Waals surface area contributed by atoms with E-state index in [1.54, 1.807) is 0 Å². The molecule has 122 valence electrons. The molecule has 0 spiro atoms. The number of carboxylic acid groups (broad SMARTS) is 1. The highest BCUT2D eigenvalue weighted by Gasteiger charge is 2.08. The zero-order valence-electron chi connectivity index (χ0n) is 13.1. The Labute approximate surface area is 135 Å². The third kappa shape index (κ3) is 7.67. The number of rotatable bonds is 9. The van der Waals surface area contributed by atoms with Crippen LogP contribution in [0.25, 0.3) is 0 Å². The van der Waals surface area contributed by atoms with Crippen molar-refractivity contribution in [3.05, 3.63) is 47.2 Å². The van der Waals surface area contributed by atoms with E-state index < -0.39 is 11.9 Å². The van der Waals surface area contributed by atoms with Crippen LogP contribution in [0.2, 0.25) is 0 Å². The molecule has 0 unspecified atom stereocenters. The zero-order chi connectivity index (χ0) is 17.1. The number of carbonyl (C=O) groups excluding carboxylic acids is 1. The molecule has 0 atom stereocenters. The number of hydrogen-bond donors (Lipinski definition) is 3. The molecule has 0 fully saturated rings. The second-order valence-electron chi connectivity index (χ2n) is 5.11. The van der Waals surface area contributed by atoms with Crippen LogP contribution in [0, 0.1) is 18.3 Å². The van der Waals surface area contributed by atoms with Crippen LogP contribution >= 0.6 is 0 Å². The molecule has 0 saturated carbocycles. The van der Waals surface area contributed by atoms with Gasteiger partial charge in [-0.3, -0.25) is 9.59 Å². The van der Waals surface area contributed by atoms with Crippen LogP contribution in [-0.4, -0.2) is 30.1 Å². The summed E-state index contributed by atoms with van der Waals surface area (Å²) in [4.78, 5) is 22.1. The maximum Gasteiger partial charge on any atom is 0.303 e. The van der Waals surface area contributed by atoms with Gasteiger partial charge in [0.15, 0.2) is 0 Å². The molecule has 1 amide bonds. The van der Waals surface area contributed by atoms with Gasteiger partial charge in [0.05, 0.1) is 0 Å². The van der Waals surface area contributed by atoms with Crippen molar-refractivity contribution in [2.75, 3.05) is 13.1 Å². The van der Waals surface area contributed by atoms with Crippen molar-refractivity contribution in [1.29, 1.82) is 5.26 Å². The number of carbonyl (C=O) groups is 2. The van der Waals surface area contributed by atoms with E-state index in [-0.39, 0.29) is 18.5 Å². The molecule has 1 aromatic rings. The number of aliphatic carboxylic acids is 1. The van der Waals surface area contributed by atoms with E-state index >= 15 is 0 Å². The highest BCUT2D eigenvalue weighted by molar-refractivity contribution is 5.97. The highest BCUT2D eigenvalue weighted by Crippen LogP contribution is 2.03. The van der Waals surface area contributed by atoms with Crippen LogP contribution in [0.4, 0.5) is 0 Å². The molecule has 6 heteroatoms. The number of nitrogens with one attached hydrogen (secondary N) is 2. The number of amides is 1. The van der Waals surface area contributed by atoms with Gasteiger partial charge in [-0.05, 0) is 25.3 Å². The second-order valence-corrected chi connectivity index (χ2v) is 5.11. The van der Waals surface area contributed by atoms with Crippen molar-refractivity contribution < 1.29 is 14.7 Å². The Hall–Kier alpha value is -2.81. The topological polar surface area (TPSA) is 102 Å². The molecule has 1 aromatic carbocycles. The quantitative estimate of drug-likeness (QED) is 0.364. The lowest BCUT2D eigenvalue weighted by Gasteiger charge is -2.05. The number of nitrogens with zero attached hydrogens (tertiary/aromatic N) is 1. The predicted molar refractivity (Wildman–Crippen MR) is 86.5 cm³/mol. The second kappa shape index (κ2) is 10.0. The fourth-order valence-corrected chi connectivity index (χ4v) is 1.83. The molecule has 0 bridgehead atoms. The van der Waals surface area contributed by atoms with Crippen LogP contribution in [0.1, 0.15) is 24.0 Å². The van der Waals surface area contributed by atoms with E-state index in [0.717, 1.165) is 6.42 Å². The molecule has 0 heterocycles. The minimum absolute atomic E-state index is 0.0132. The molecule has 0 radical (unpaired) electrons. The molecule has 0 aliphatic heterocycles. The van der Waals surface area contributed by atoms with Gasteiger partial charge in [0.2, 0.25) is 0 Å². The summed E-state index contributed by atoms with van der Waals surface area (Å²) in [6.07, 6.45) is 2.50. The third-order valence-corrected chi connectivity index (χ3v) is 3.14. The van der Waals surface area contributed by atoms with Gasteiger partial charge in [0, 0.05) is 25.7 Å². The lowest BCUT2D eigenvalue weighted by atomic mass is 10.1. The number of carboxylic acids is 1. The molecule has 23 heavy (non-hydrogen) atoms. The Bertz CT molecular complexity index is 601. The van der Waals surface area contributed by atoms with Crippen molar-refractivity contribution in [3.63, 3.8) is 0 Å². The maximum absolute atomic E-state index is 11.7. The van der Waals surface area contributed by atoms with E-state index in [4.69, 9.17) is 10.4 Å². The van der Waals surface area contributed by atoms with E-state index in [1.807, 2.05) is 37.3 Å². The standard InChI is InChI=1S/C17H21N3O3/c1-13-4-6-14(7-5-13)8-10-19-12-15(11-18)17(23)20-9-2-3-16(21)22/h4-7,12,19H,2-3,8-10H2,1H3,(H,20,23)(H,21,22)/b15-12-. The summed E-state index contributed by atoms with van der Waals surface area (Å²) < 4.78 is 0. The normalized spacial score (nSPS) is 10.7. The molecular formula is C17H21N3O3.